The van der Waals surface area contributed by atoms with Crippen molar-refractivity contribution < 1.29 is 9.53 Å². The van der Waals surface area contributed by atoms with E-state index in [1.807, 2.05) is 74.5 Å². The van der Waals surface area contributed by atoms with Gasteiger partial charge in [-0.3, -0.25) is 9.58 Å². The van der Waals surface area contributed by atoms with E-state index in [1.165, 1.54) is 0 Å². The van der Waals surface area contributed by atoms with Gasteiger partial charge in [-0.25, -0.2) is 14.8 Å². The third-order valence-electron chi connectivity index (χ3n) is 8.54. The third-order valence-corrected chi connectivity index (χ3v) is 8.54. The van der Waals surface area contributed by atoms with Gasteiger partial charge in [0.25, 0.3) is 0 Å². The average Bonchev–Trinajstić information content (AvgIpc) is 3.51. The van der Waals surface area contributed by atoms with Gasteiger partial charge in [0.2, 0.25) is 5.95 Å². The van der Waals surface area contributed by atoms with Crippen LogP contribution in [-0.2, 0) is 18.3 Å². The van der Waals surface area contributed by atoms with Gasteiger partial charge in [-0.15, -0.1) is 0 Å². The molecule has 12 nitrogen and oxygen atoms in total. The van der Waals surface area contributed by atoms with Gasteiger partial charge >= 0.3 is 6.03 Å². The van der Waals surface area contributed by atoms with E-state index in [0.29, 0.717) is 42.8 Å². The molecule has 1 saturated heterocycles. The van der Waals surface area contributed by atoms with E-state index in [2.05, 4.69) is 31.7 Å². The summed E-state index contributed by atoms with van der Waals surface area (Å²) in [5.41, 5.74) is 3.40. The van der Waals surface area contributed by atoms with Crippen LogP contribution in [0.2, 0.25) is 0 Å². The van der Waals surface area contributed by atoms with Crippen molar-refractivity contribution in [1.82, 2.24) is 30.0 Å². The van der Waals surface area contributed by atoms with Crippen molar-refractivity contribution in [1.29, 1.82) is 5.26 Å². The molecule has 0 radical (unpaired) electrons. The SMILES string of the molecule is C[C@@H]1CN(c2nc(N[C@H]3CC[C@H](N(C(=O)NCc4ccccc4)c4ccc(-c5cnn(C)c5)cn4)CC3)ncc2C#N)C[C@H](C)O1. The quantitative estimate of drug-likeness (QED) is 0.282. The Balaban J connectivity index is 1.15. The normalized spacial score (nSPS) is 21.3. The Bertz CT molecular complexity index is 1650. The molecule has 12 heteroatoms. The number of amides is 2. The highest BCUT2D eigenvalue weighted by Gasteiger charge is 2.32. The number of nitrogens with zero attached hydrogens (tertiary/aromatic N) is 8. The molecule has 0 unspecified atom stereocenters. The largest absolute Gasteiger partial charge is 0.372 e. The number of nitrogens with one attached hydrogen (secondary N) is 2. The summed E-state index contributed by atoms with van der Waals surface area (Å²) in [4.78, 5) is 31.6. The van der Waals surface area contributed by atoms with Gasteiger partial charge in [0.15, 0.2) is 5.82 Å². The first-order valence-electron chi connectivity index (χ1n) is 15.9. The van der Waals surface area contributed by atoms with Crippen LogP contribution in [0.25, 0.3) is 11.1 Å². The molecule has 4 heterocycles. The second kappa shape index (κ2) is 14.0. The molecule has 2 amide bonds. The molecular weight excluding hydrogens is 580 g/mol. The molecule has 3 aromatic heterocycles. The van der Waals surface area contributed by atoms with Gasteiger partial charge in [0.05, 0.1) is 24.6 Å². The van der Waals surface area contributed by atoms with E-state index in [9.17, 15) is 10.1 Å². The van der Waals surface area contributed by atoms with Gasteiger partial charge in [-0.1, -0.05) is 30.3 Å². The number of nitriles is 1. The number of anilines is 3. The summed E-state index contributed by atoms with van der Waals surface area (Å²) in [5, 5.41) is 20.6. The zero-order chi connectivity index (χ0) is 32.0. The fraction of sp³-hybridized carbons (Fsp3) is 0.412. The summed E-state index contributed by atoms with van der Waals surface area (Å²) < 4.78 is 7.64. The number of urea groups is 1. The van der Waals surface area contributed by atoms with Crippen molar-refractivity contribution >= 4 is 23.6 Å². The van der Waals surface area contributed by atoms with E-state index < -0.39 is 0 Å². The van der Waals surface area contributed by atoms with Gasteiger partial charge in [-0.05, 0) is 57.2 Å². The lowest BCUT2D eigenvalue weighted by atomic mass is 9.90. The first-order valence-corrected chi connectivity index (χ1v) is 15.9. The van der Waals surface area contributed by atoms with Crippen LogP contribution in [0, 0.1) is 11.3 Å². The number of morpholine rings is 1. The van der Waals surface area contributed by atoms with Crippen LogP contribution in [0.1, 0.15) is 50.7 Å². The Morgan fingerprint density at radius 3 is 2.41 bits per heavy atom. The molecule has 1 aromatic carbocycles. The second-order valence-corrected chi connectivity index (χ2v) is 12.2. The Hall–Kier alpha value is -5.02. The fourth-order valence-electron chi connectivity index (χ4n) is 6.36. The van der Waals surface area contributed by atoms with Crippen molar-refractivity contribution in [2.24, 2.45) is 7.05 Å². The Kier molecular flexibility index (Phi) is 9.40. The number of ether oxygens (including phenoxy) is 1. The van der Waals surface area contributed by atoms with E-state index in [-0.39, 0.29) is 30.3 Å². The van der Waals surface area contributed by atoms with E-state index >= 15 is 0 Å². The molecule has 4 aromatic rings. The smallest absolute Gasteiger partial charge is 0.323 e. The van der Waals surface area contributed by atoms with Crippen LogP contribution in [-0.4, -0.2) is 68.1 Å². The zero-order valence-corrected chi connectivity index (χ0v) is 26.5. The number of benzene rings is 1. The van der Waals surface area contributed by atoms with Crippen molar-refractivity contribution in [3.63, 3.8) is 0 Å². The molecule has 2 aliphatic rings. The minimum atomic E-state index is -0.170. The summed E-state index contributed by atoms with van der Waals surface area (Å²) >= 11 is 0. The van der Waals surface area contributed by atoms with Crippen molar-refractivity contribution in [3.05, 3.63) is 78.4 Å². The summed E-state index contributed by atoms with van der Waals surface area (Å²) in [6.07, 6.45) is 10.4. The number of hydrogen-bond donors (Lipinski definition) is 2. The van der Waals surface area contributed by atoms with E-state index in [4.69, 9.17) is 14.7 Å². The van der Waals surface area contributed by atoms with Gasteiger partial charge in [0, 0.05) is 62.3 Å². The van der Waals surface area contributed by atoms with Crippen LogP contribution in [0.3, 0.4) is 0 Å². The minimum absolute atomic E-state index is 0.0284. The molecule has 0 bridgehead atoms. The fourth-order valence-corrected chi connectivity index (χ4v) is 6.36. The molecule has 238 valence electrons. The van der Waals surface area contributed by atoms with Crippen LogP contribution in [0.15, 0.2) is 67.3 Å². The summed E-state index contributed by atoms with van der Waals surface area (Å²) in [6.45, 7) is 5.83. The predicted octanol–water partition coefficient (Wildman–Crippen LogP) is 4.90. The highest BCUT2D eigenvalue weighted by molar-refractivity contribution is 5.91. The standard InChI is InChI=1S/C34H40N10O2/c1-23-20-43(21-24(2)46-23)32-27(15-35)18-37-33(41-32)40-29-10-12-30(13-11-29)44(34(45)38-16-25-7-5-4-6-8-25)31-14-9-26(17-36-31)28-19-39-42(3)22-28/h4-9,14,17-19,22-24,29-30H,10-13,16,20-21H2,1-3H3,(H,38,45)(H,37,40,41)/t23-,24+,29-,30-. The number of hydrogen-bond acceptors (Lipinski definition) is 9. The molecule has 2 atom stereocenters. The van der Waals surface area contributed by atoms with E-state index in [1.54, 1.807) is 23.3 Å². The topological polar surface area (TPSA) is 137 Å². The Labute approximate surface area is 269 Å². The number of carbonyl (C=O) groups excluding carboxylic acids is 1. The molecule has 2 fully saturated rings. The number of carbonyl (C=O) groups is 1. The van der Waals surface area contributed by atoms with Gasteiger partial charge < -0.3 is 20.3 Å². The first-order chi connectivity index (χ1) is 22.4. The van der Waals surface area contributed by atoms with Crippen LogP contribution in [0.5, 0.6) is 0 Å². The number of pyridine rings is 1. The zero-order valence-electron chi connectivity index (χ0n) is 26.5. The second-order valence-electron chi connectivity index (χ2n) is 12.2. The highest BCUT2D eigenvalue weighted by atomic mass is 16.5. The molecule has 1 aliphatic carbocycles. The highest BCUT2D eigenvalue weighted by Crippen LogP contribution is 2.30. The molecular formula is C34H40N10O2. The Morgan fingerprint density at radius 2 is 1.76 bits per heavy atom. The third kappa shape index (κ3) is 7.26. The summed E-state index contributed by atoms with van der Waals surface area (Å²) in [5.74, 6) is 1.76. The van der Waals surface area contributed by atoms with Crippen molar-refractivity contribution in [2.45, 2.75) is 70.4 Å². The number of aromatic nitrogens is 5. The molecule has 0 spiro atoms. The van der Waals surface area contributed by atoms with Gasteiger partial charge in [-0.2, -0.15) is 15.3 Å². The summed E-state index contributed by atoms with van der Waals surface area (Å²) in [6, 6.07) is 16.0. The molecule has 1 saturated carbocycles. The van der Waals surface area contributed by atoms with Crippen LogP contribution in [0.4, 0.5) is 22.4 Å². The maximum absolute atomic E-state index is 13.7. The van der Waals surface area contributed by atoms with Crippen molar-refractivity contribution in [2.75, 3.05) is 28.2 Å². The molecule has 2 N–H and O–H groups in total. The Morgan fingerprint density at radius 1 is 1.00 bits per heavy atom. The molecule has 6 rings (SSSR count). The lowest BCUT2D eigenvalue weighted by Crippen LogP contribution is -2.49. The van der Waals surface area contributed by atoms with E-state index in [0.717, 1.165) is 42.4 Å². The lowest BCUT2D eigenvalue weighted by molar-refractivity contribution is -0.00547. The van der Waals surface area contributed by atoms with Gasteiger partial charge in [0.1, 0.15) is 17.5 Å². The average molecular weight is 621 g/mol. The maximum Gasteiger partial charge on any atom is 0.323 e. The summed E-state index contributed by atoms with van der Waals surface area (Å²) in [7, 11) is 1.88. The van der Waals surface area contributed by atoms with Crippen molar-refractivity contribution in [3.8, 4) is 17.2 Å². The van der Waals surface area contributed by atoms with Crippen LogP contribution < -0.4 is 20.4 Å². The lowest BCUT2D eigenvalue weighted by Gasteiger charge is -2.37. The number of aryl methyl sites for hydroxylation is 1. The maximum atomic E-state index is 13.7. The van der Waals surface area contributed by atoms with Crippen LogP contribution >= 0.6 is 0 Å². The molecule has 1 aliphatic heterocycles. The molecule has 46 heavy (non-hydrogen) atoms. The first kappa shape index (κ1) is 31.0. The monoisotopic (exact) mass is 620 g/mol. The number of rotatable bonds is 8. The predicted molar refractivity (Wildman–Crippen MR) is 176 cm³/mol. The minimum Gasteiger partial charge on any atom is -0.372 e.